The van der Waals surface area contributed by atoms with Crippen molar-refractivity contribution in [3.8, 4) is 5.69 Å². The normalized spacial score (nSPS) is 18.6. The van der Waals surface area contributed by atoms with Crippen LogP contribution in [0.2, 0.25) is 0 Å². The largest absolute Gasteiger partial charge is 0.350 e. The Kier molecular flexibility index (Phi) is 4.90. The summed E-state index contributed by atoms with van der Waals surface area (Å²) >= 11 is 0. The molecule has 0 saturated carbocycles. The molecular formula is C17H18FN3O4S. The molecule has 1 fully saturated rings. The lowest BCUT2D eigenvalue weighted by Crippen LogP contribution is -2.35. The summed E-state index contributed by atoms with van der Waals surface area (Å²) in [5, 5.41) is 6.57. The van der Waals surface area contributed by atoms with Crippen molar-refractivity contribution in [2.24, 2.45) is 5.92 Å². The highest BCUT2D eigenvalue weighted by atomic mass is 32.2. The van der Waals surface area contributed by atoms with Crippen LogP contribution in [-0.4, -0.2) is 42.2 Å². The second kappa shape index (κ2) is 6.99. The average molecular weight is 379 g/mol. The summed E-state index contributed by atoms with van der Waals surface area (Å²) in [4.78, 5) is 24.5. The molecule has 26 heavy (non-hydrogen) atoms. The van der Waals surface area contributed by atoms with Gasteiger partial charge in [-0.25, -0.2) is 17.5 Å². The molecule has 1 aromatic heterocycles. The first-order valence-corrected chi connectivity index (χ1v) is 9.93. The highest BCUT2D eigenvalue weighted by molar-refractivity contribution is 7.91. The highest BCUT2D eigenvalue weighted by Crippen LogP contribution is 2.17. The van der Waals surface area contributed by atoms with E-state index in [0.717, 1.165) is 0 Å². The van der Waals surface area contributed by atoms with Gasteiger partial charge < -0.3 is 5.32 Å². The van der Waals surface area contributed by atoms with E-state index in [-0.39, 0.29) is 35.3 Å². The van der Waals surface area contributed by atoms with Crippen molar-refractivity contribution in [1.82, 2.24) is 15.1 Å². The second-order valence-corrected chi connectivity index (χ2v) is 8.57. The summed E-state index contributed by atoms with van der Waals surface area (Å²) in [5.41, 5.74) is -0.425. The highest BCUT2D eigenvalue weighted by Gasteiger charge is 2.28. The van der Waals surface area contributed by atoms with Crippen molar-refractivity contribution in [3.05, 3.63) is 57.8 Å². The van der Waals surface area contributed by atoms with Crippen LogP contribution in [0.25, 0.3) is 5.69 Å². The van der Waals surface area contributed by atoms with Crippen LogP contribution in [0, 0.1) is 18.7 Å². The Morgan fingerprint density at radius 3 is 2.77 bits per heavy atom. The molecule has 1 aromatic carbocycles. The number of halogens is 1. The number of carbonyl (C=O) groups excluding carboxylic acids is 1. The van der Waals surface area contributed by atoms with Crippen LogP contribution in [0.5, 0.6) is 0 Å². The predicted octanol–water partition coefficient (Wildman–Crippen LogP) is 0.845. The van der Waals surface area contributed by atoms with Crippen molar-refractivity contribution in [1.29, 1.82) is 0 Å². The molecule has 1 amide bonds. The number of hydrogen-bond acceptors (Lipinski definition) is 5. The first-order chi connectivity index (χ1) is 12.3. The van der Waals surface area contributed by atoms with E-state index in [9.17, 15) is 22.4 Å². The number of aryl methyl sites for hydroxylation is 1. The fraction of sp³-hybridized carbons (Fsp3) is 0.353. The molecule has 0 radical (unpaired) electrons. The van der Waals surface area contributed by atoms with Crippen LogP contribution in [-0.2, 0) is 9.84 Å². The number of benzene rings is 1. The summed E-state index contributed by atoms with van der Waals surface area (Å²) in [6, 6.07) is 7.12. The van der Waals surface area contributed by atoms with E-state index in [1.807, 2.05) is 0 Å². The zero-order chi connectivity index (χ0) is 18.9. The van der Waals surface area contributed by atoms with Gasteiger partial charge in [-0.15, -0.1) is 0 Å². The van der Waals surface area contributed by atoms with Crippen molar-refractivity contribution in [3.63, 3.8) is 0 Å². The zero-order valence-corrected chi connectivity index (χ0v) is 14.9. The molecule has 1 aliphatic rings. The van der Waals surface area contributed by atoms with Gasteiger partial charge in [-0.2, -0.15) is 5.10 Å². The van der Waals surface area contributed by atoms with Gasteiger partial charge in [0, 0.05) is 18.3 Å². The van der Waals surface area contributed by atoms with Gasteiger partial charge in [-0.3, -0.25) is 9.59 Å². The lowest BCUT2D eigenvalue weighted by atomic mass is 10.1. The molecule has 1 N–H and O–H groups in total. The molecule has 1 aliphatic heterocycles. The van der Waals surface area contributed by atoms with Gasteiger partial charge in [0.25, 0.3) is 5.91 Å². The Balaban J connectivity index is 1.84. The second-order valence-electron chi connectivity index (χ2n) is 6.34. The minimum atomic E-state index is -3.04. The Hall–Kier alpha value is -2.55. The molecule has 0 bridgehead atoms. The smallest absolute Gasteiger partial charge is 0.275 e. The van der Waals surface area contributed by atoms with E-state index in [2.05, 4.69) is 10.4 Å². The summed E-state index contributed by atoms with van der Waals surface area (Å²) < 4.78 is 38.2. The van der Waals surface area contributed by atoms with E-state index >= 15 is 0 Å². The third-order valence-corrected chi connectivity index (χ3v) is 6.12. The summed E-state index contributed by atoms with van der Waals surface area (Å²) in [5.74, 6) is -1.29. The Morgan fingerprint density at radius 2 is 2.12 bits per heavy atom. The number of sulfone groups is 1. The Bertz CT molecular complexity index is 1020. The SMILES string of the molecule is Cc1cc(=O)c(C(=O)NCC2CCS(=O)(=O)C2)nn1-c1ccccc1F. The molecule has 1 saturated heterocycles. The van der Waals surface area contributed by atoms with Gasteiger partial charge in [-0.05, 0) is 31.4 Å². The Morgan fingerprint density at radius 1 is 1.38 bits per heavy atom. The fourth-order valence-electron chi connectivity index (χ4n) is 2.93. The minimum absolute atomic E-state index is 0.0219. The van der Waals surface area contributed by atoms with Gasteiger partial charge in [-0.1, -0.05) is 12.1 Å². The first-order valence-electron chi connectivity index (χ1n) is 8.11. The number of para-hydroxylation sites is 1. The Labute approximate surface area is 149 Å². The average Bonchev–Trinajstić information content (AvgIpc) is 2.93. The molecule has 1 atom stereocenters. The van der Waals surface area contributed by atoms with Crippen molar-refractivity contribution in [2.45, 2.75) is 13.3 Å². The molecule has 2 heterocycles. The number of aromatic nitrogens is 2. The third kappa shape index (κ3) is 3.82. The molecule has 0 spiro atoms. The number of hydrogen-bond donors (Lipinski definition) is 1. The molecular weight excluding hydrogens is 361 g/mol. The molecule has 9 heteroatoms. The molecule has 7 nitrogen and oxygen atoms in total. The van der Waals surface area contributed by atoms with Gasteiger partial charge in [0.2, 0.25) is 5.43 Å². The maximum Gasteiger partial charge on any atom is 0.275 e. The first kappa shape index (κ1) is 18.2. The van der Waals surface area contributed by atoms with Gasteiger partial charge in [0.15, 0.2) is 15.5 Å². The van der Waals surface area contributed by atoms with E-state index in [0.29, 0.717) is 12.1 Å². The van der Waals surface area contributed by atoms with E-state index in [1.165, 1.54) is 28.9 Å². The maximum absolute atomic E-state index is 14.0. The quantitative estimate of drug-likeness (QED) is 0.849. The molecule has 1 unspecified atom stereocenters. The van der Waals surface area contributed by atoms with Crippen LogP contribution in [0.1, 0.15) is 22.6 Å². The van der Waals surface area contributed by atoms with E-state index in [4.69, 9.17) is 0 Å². The predicted molar refractivity (Wildman–Crippen MR) is 93.6 cm³/mol. The number of amides is 1. The van der Waals surface area contributed by atoms with Gasteiger partial charge >= 0.3 is 0 Å². The topological polar surface area (TPSA) is 98.1 Å². The molecule has 138 valence electrons. The van der Waals surface area contributed by atoms with Crippen molar-refractivity contribution < 1.29 is 17.6 Å². The number of rotatable bonds is 4. The van der Waals surface area contributed by atoms with Gasteiger partial charge in [0.1, 0.15) is 11.5 Å². The third-order valence-electron chi connectivity index (χ3n) is 4.28. The monoisotopic (exact) mass is 379 g/mol. The summed E-state index contributed by atoms with van der Waals surface area (Å²) in [6.07, 6.45) is 0.476. The van der Waals surface area contributed by atoms with Crippen LogP contribution >= 0.6 is 0 Å². The standard InChI is InChI=1S/C17H18FN3O4S/c1-11-8-15(22)16(20-21(11)14-5-3-2-4-13(14)18)17(23)19-9-12-6-7-26(24,25)10-12/h2-5,8,12H,6-7,9-10H2,1H3,(H,19,23). The minimum Gasteiger partial charge on any atom is -0.350 e. The van der Waals surface area contributed by atoms with Crippen LogP contribution in [0.3, 0.4) is 0 Å². The van der Waals surface area contributed by atoms with Crippen molar-refractivity contribution in [2.75, 3.05) is 18.1 Å². The number of carbonyl (C=O) groups is 1. The maximum atomic E-state index is 14.0. The lowest BCUT2D eigenvalue weighted by molar-refractivity contribution is 0.0940. The fourth-order valence-corrected chi connectivity index (χ4v) is 4.79. The number of nitrogens with one attached hydrogen (secondary N) is 1. The lowest BCUT2D eigenvalue weighted by Gasteiger charge is -2.13. The summed E-state index contributed by atoms with van der Waals surface area (Å²) in [7, 11) is -3.04. The van der Waals surface area contributed by atoms with Crippen LogP contribution in [0.15, 0.2) is 35.1 Å². The van der Waals surface area contributed by atoms with E-state index < -0.39 is 27.0 Å². The van der Waals surface area contributed by atoms with Crippen LogP contribution in [0.4, 0.5) is 4.39 Å². The van der Waals surface area contributed by atoms with Gasteiger partial charge in [0.05, 0.1) is 11.5 Å². The molecule has 0 aliphatic carbocycles. The van der Waals surface area contributed by atoms with Crippen molar-refractivity contribution >= 4 is 15.7 Å². The molecule has 2 aromatic rings. The summed E-state index contributed by atoms with van der Waals surface area (Å²) in [6.45, 7) is 1.73. The van der Waals surface area contributed by atoms with Crippen LogP contribution < -0.4 is 10.7 Å². The number of nitrogens with zero attached hydrogens (tertiary/aromatic N) is 2. The van der Waals surface area contributed by atoms with E-state index in [1.54, 1.807) is 13.0 Å². The molecule has 3 rings (SSSR count). The zero-order valence-electron chi connectivity index (χ0n) is 14.1.